The molecule has 0 heteroatoms. The first-order chi connectivity index (χ1) is 21.9. The molecule has 0 aromatic heterocycles. The topological polar surface area (TPSA) is 0 Å². The van der Waals surface area contributed by atoms with E-state index in [0.717, 1.165) is 37.2 Å². The molecule has 230 valence electrons. The summed E-state index contributed by atoms with van der Waals surface area (Å²) >= 11 is 0. The van der Waals surface area contributed by atoms with Crippen LogP contribution in [0.15, 0.2) is 115 Å². The predicted molar refractivity (Wildman–Crippen MR) is 193 cm³/mol. The Kier molecular flexibility index (Phi) is 9.76. The average molecular weight is 591 g/mol. The van der Waals surface area contributed by atoms with Crippen molar-refractivity contribution in [1.29, 1.82) is 0 Å². The van der Waals surface area contributed by atoms with E-state index in [1.165, 1.54) is 76.6 Å². The summed E-state index contributed by atoms with van der Waals surface area (Å²) < 4.78 is 0. The maximum absolute atomic E-state index is 5.95. The fourth-order valence-corrected chi connectivity index (χ4v) is 8.37. The van der Waals surface area contributed by atoms with Gasteiger partial charge in [0, 0.05) is 11.5 Å². The maximum atomic E-state index is 5.95. The van der Waals surface area contributed by atoms with Crippen LogP contribution in [0.1, 0.15) is 104 Å². The zero-order chi connectivity index (χ0) is 31.3. The second-order valence-corrected chi connectivity index (χ2v) is 14.3. The van der Waals surface area contributed by atoms with Gasteiger partial charge in [-0.2, -0.15) is 0 Å². The molecule has 0 amide bonds. The molecular weight excluding hydrogens is 540 g/mol. The van der Waals surface area contributed by atoms with E-state index in [1.807, 2.05) is 0 Å². The molecule has 3 aliphatic carbocycles. The first kappa shape index (κ1) is 31.2. The normalized spacial score (nSPS) is 25.1. The lowest BCUT2D eigenvalue weighted by molar-refractivity contribution is 0.252. The molecule has 4 unspecified atom stereocenters. The van der Waals surface area contributed by atoms with Gasteiger partial charge in [0.05, 0.1) is 0 Å². The molecule has 0 N–H and O–H groups in total. The van der Waals surface area contributed by atoms with E-state index in [9.17, 15) is 0 Å². The molecule has 3 aromatic carbocycles. The zero-order valence-electron chi connectivity index (χ0n) is 27.5. The smallest absolute Gasteiger partial charge is 0.0277 e. The van der Waals surface area contributed by atoms with Crippen LogP contribution in [0.4, 0.5) is 0 Å². The van der Waals surface area contributed by atoms with E-state index in [1.54, 1.807) is 0 Å². The maximum Gasteiger partial charge on any atom is 0.0277 e. The minimum absolute atomic E-state index is 0.412. The summed E-state index contributed by atoms with van der Waals surface area (Å²) in [4.78, 5) is 0. The Morgan fingerprint density at radius 3 is 2.33 bits per heavy atom. The summed E-state index contributed by atoms with van der Waals surface area (Å²) in [6, 6.07) is 27.3. The van der Waals surface area contributed by atoms with Crippen molar-refractivity contribution >= 4 is 5.57 Å². The Bertz CT molecular complexity index is 1600. The lowest BCUT2D eigenvalue weighted by Gasteiger charge is -2.36. The van der Waals surface area contributed by atoms with Gasteiger partial charge in [-0.15, -0.1) is 6.42 Å². The molecule has 0 spiro atoms. The molecule has 0 radical (unpaired) electrons. The van der Waals surface area contributed by atoms with Gasteiger partial charge in [0.2, 0.25) is 0 Å². The lowest BCUT2D eigenvalue weighted by atomic mass is 9.69. The van der Waals surface area contributed by atoms with Gasteiger partial charge in [-0.25, -0.2) is 0 Å². The molecule has 45 heavy (non-hydrogen) atoms. The summed E-state index contributed by atoms with van der Waals surface area (Å²) in [7, 11) is 0. The van der Waals surface area contributed by atoms with Gasteiger partial charge in [0.1, 0.15) is 0 Å². The Hall–Kier alpha value is -3.82. The monoisotopic (exact) mass is 590 g/mol. The summed E-state index contributed by atoms with van der Waals surface area (Å²) in [5.41, 5.74) is 12.2. The standard InChI is InChI=1S/C45H50/c1-6-38-19-17-37(30-44(38)43-27-33(4)34(5)28-43)29-36-15-20-40(21-16-36)45(32(3)13-14-35-10-8-7-9-11-35)41-24-22-39(23-25-41)42-18-12-31(2)26-42/h1,7-12,17-19,22-26,30-31,34,36,40,43,45H,3-4,13-16,20-21,27-29H2,2,5H3. The van der Waals surface area contributed by atoms with Gasteiger partial charge in [0.15, 0.2) is 0 Å². The number of benzene rings is 3. The van der Waals surface area contributed by atoms with E-state index >= 15 is 0 Å². The highest BCUT2D eigenvalue weighted by atomic mass is 14.4. The van der Waals surface area contributed by atoms with Crippen molar-refractivity contribution in [3.8, 4) is 12.3 Å². The first-order valence-electron chi connectivity index (χ1n) is 17.4. The van der Waals surface area contributed by atoms with Gasteiger partial charge < -0.3 is 0 Å². The fourth-order valence-electron chi connectivity index (χ4n) is 8.37. The van der Waals surface area contributed by atoms with Crippen molar-refractivity contribution in [2.45, 2.75) is 83.5 Å². The molecule has 2 saturated carbocycles. The minimum atomic E-state index is 0.412. The van der Waals surface area contributed by atoms with Crippen molar-refractivity contribution in [2.24, 2.45) is 23.7 Å². The lowest BCUT2D eigenvalue weighted by Crippen LogP contribution is -2.23. The van der Waals surface area contributed by atoms with Gasteiger partial charge in [-0.1, -0.05) is 129 Å². The molecule has 0 nitrogen and oxygen atoms in total. The molecular formula is C45H50. The van der Waals surface area contributed by atoms with Crippen LogP contribution in [0.3, 0.4) is 0 Å². The van der Waals surface area contributed by atoms with E-state index in [0.29, 0.717) is 29.6 Å². The number of allylic oxidation sites excluding steroid dienone is 6. The van der Waals surface area contributed by atoms with Crippen molar-refractivity contribution in [3.63, 3.8) is 0 Å². The minimum Gasteiger partial charge on any atom is -0.115 e. The summed E-state index contributed by atoms with van der Waals surface area (Å²) in [5, 5.41) is 0. The Labute approximate surface area is 273 Å². The first-order valence-corrected chi connectivity index (χ1v) is 17.4. The summed E-state index contributed by atoms with van der Waals surface area (Å²) in [5.74, 6) is 6.39. The van der Waals surface area contributed by atoms with Crippen LogP contribution in [0.25, 0.3) is 5.57 Å². The van der Waals surface area contributed by atoms with Crippen molar-refractivity contribution in [2.75, 3.05) is 0 Å². The quantitative estimate of drug-likeness (QED) is 0.163. The molecule has 6 rings (SSSR count). The average Bonchev–Trinajstić information content (AvgIpc) is 3.65. The second-order valence-electron chi connectivity index (χ2n) is 14.3. The van der Waals surface area contributed by atoms with Gasteiger partial charge in [-0.3, -0.25) is 0 Å². The third-order valence-corrected chi connectivity index (χ3v) is 11.1. The fraction of sp³-hybridized carbons (Fsp3) is 0.378. The Balaban J connectivity index is 1.15. The molecule has 4 atom stereocenters. The van der Waals surface area contributed by atoms with Crippen LogP contribution in [0.2, 0.25) is 0 Å². The van der Waals surface area contributed by atoms with E-state index in [2.05, 4.69) is 117 Å². The van der Waals surface area contributed by atoms with E-state index in [-0.39, 0.29) is 0 Å². The zero-order valence-corrected chi connectivity index (χ0v) is 27.5. The molecule has 0 bridgehead atoms. The number of hydrogen-bond donors (Lipinski definition) is 0. The molecule has 3 aliphatic rings. The van der Waals surface area contributed by atoms with Crippen molar-refractivity contribution in [1.82, 2.24) is 0 Å². The molecule has 3 aromatic rings. The van der Waals surface area contributed by atoms with Crippen LogP contribution < -0.4 is 0 Å². The van der Waals surface area contributed by atoms with Crippen molar-refractivity contribution < 1.29 is 0 Å². The molecule has 0 aliphatic heterocycles. The number of terminal acetylenes is 1. The van der Waals surface area contributed by atoms with Gasteiger partial charge in [0.25, 0.3) is 0 Å². The van der Waals surface area contributed by atoms with Crippen LogP contribution in [-0.2, 0) is 12.8 Å². The summed E-state index contributed by atoms with van der Waals surface area (Å²) in [6.07, 6.45) is 23.5. The van der Waals surface area contributed by atoms with Gasteiger partial charge in [-0.05, 0) is 127 Å². The van der Waals surface area contributed by atoms with E-state index < -0.39 is 0 Å². The van der Waals surface area contributed by atoms with Crippen LogP contribution >= 0.6 is 0 Å². The largest absolute Gasteiger partial charge is 0.115 e. The molecule has 0 saturated heterocycles. The highest BCUT2D eigenvalue weighted by Crippen LogP contribution is 2.45. The third-order valence-electron chi connectivity index (χ3n) is 11.1. The molecule has 2 fully saturated rings. The summed E-state index contributed by atoms with van der Waals surface area (Å²) in [6.45, 7) is 13.6. The third kappa shape index (κ3) is 7.36. The van der Waals surface area contributed by atoms with Gasteiger partial charge >= 0.3 is 0 Å². The molecule has 0 heterocycles. The van der Waals surface area contributed by atoms with Crippen LogP contribution in [0.5, 0.6) is 0 Å². The number of aryl methyl sites for hydroxylation is 1. The number of rotatable bonds is 10. The van der Waals surface area contributed by atoms with Crippen molar-refractivity contribution in [3.05, 3.63) is 149 Å². The van der Waals surface area contributed by atoms with Crippen LogP contribution in [-0.4, -0.2) is 0 Å². The highest BCUT2D eigenvalue weighted by Gasteiger charge is 2.31. The van der Waals surface area contributed by atoms with E-state index in [4.69, 9.17) is 13.0 Å². The predicted octanol–water partition coefficient (Wildman–Crippen LogP) is 11.6. The Morgan fingerprint density at radius 1 is 0.933 bits per heavy atom. The Morgan fingerprint density at radius 2 is 1.69 bits per heavy atom. The van der Waals surface area contributed by atoms with Crippen LogP contribution in [0, 0.1) is 36.0 Å². The highest BCUT2D eigenvalue weighted by molar-refractivity contribution is 5.76. The number of hydrogen-bond acceptors (Lipinski definition) is 0. The second kappa shape index (κ2) is 14.1. The SMILES string of the molecule is C#Cc1ccc(CC2CCC(C(C(=C)CCc3ccccc3)c3ccc(C4=CC(C)C=C4)cc3)CC2)cc1C1CC(=C)C(C)C1.